The lowest BCUT2D eigenvalue weighted by molar-refractivity contribution is -0.361. The summed E-state index contributed by atoms with van der Waals surface area (Å²) in [5, 5.41) is 0. The van der Waals surface area contributed by atoms with E-state index in [0.717, 1.165) is 4.98 Å². The maximum atomic E-state index is 12.9. The molecule has 1 rings (SSSR count). The molecule has 0 saturated carbocycles. The summed E-state index contributed by atoms with van der Waals surface area (Å²) in [7, 11) is 0. The highest BCUT2D eigenvalue weighted by Crippen LogP contribution is 2.50. The molecule has 0 amide bonds. The normalized spacial score (nSPS) is 13.8. The van der Waals surface area contributed by atoms with Crippen molar-refractivity contribution in [2.75, 3.05) is 0 Å². The zero-order valence-corrected chi connectivity index (χ0v) is 7.66. The van der Waals surface area contributed by atoms with E-state index in [9.17, 15) is 35.5 Å². The molecule has 0 atom stereocenters. The monoisotopic (exact) mass is 264 g/mol. The van der Waals surface area contributed by atoms with Crippen molar-refractivity contribution in [2.24, 2.45) is 0 Å². The number of nitrogens with one attached hydrogen (secondary N) is 1. The number of alkyl halides is 7. The molecule has 0 spiro atoms. The second-order valence-corrected chi connectivity index (χ2v) is 2.93. The van der Waals surface area contributed by atoms with E-state index in [1.54, 1.807) is 0 Å². The van der Waals surface area contributed by atoms with E-state index in [1.807, 2.05) is 0 Å². The third-order valence-electron chi connectivity index (χ3n) is 1.72. The SMILES string of the molecule is O=c1ccnc(C(F)(F)C(F)(F)C(F)(F)F)[nH]1. The quantitative estimate of drug-likeness (QED) is 0.831. The molecule has 17 heavy (non-hydrogen) atoms. The number of hydrogen-bond donors (Lipinski definition) is 1. The highest BCUT2D eigenvalue weighted by atomic mass is 19.4. The molecule has 1 heterocycles. The van der Waals surface area contributed by atoms with Gasteiger partial charge in [0.05, 0.1) is 0 Å². The molecule has 0 aliphatic rings. The zero-order valence-electron chi connectivity index (χ0n) is 7.66. The van der Waals surface area contributed by atoms with Gasteiger partial charge in [-0.05, 0) is 0 Å². The van der Waals surface area contributed by atoms with Crippen molar-refractivity contribution in [1.29, 1.82) is 0 Å². The van der Waals surface area contributed by atoms with Crippen LogP contribution < -0.4 is 5.56 Å². The molecule has 0 unspecified atom stereocenters. The first-order valence-corrected chi connectivity index (χ1v) is 3.88. The molecule has 0 radical (unpaired) electrons. The van der Waals surface area contributed by atoms with Crippen LogP contribution in [0.3, 0.4) is 0 Å². The summed E-state index contributed by atoms with van der Waals surface area (Å²) < 4.78 is 86.1. The largest absolute Gasteiger partial charge is 0.460 e. The van der Waals surface area contributed by atoms with Crippen LogP contribution in [0.25, 0.3) is 0 Å². The van der Waals surface area contributed by atoms with Gasteiger partial charge in [-0.25, -0.2) is 4.98 Å². The van der Waals surface area contributed by atoms with E-state index in [2.05, 4.69) is 4.98 Å². The predicted octanol–water partition coefficient (Wildman–Crippen LogP) is 2.06. The molecule has 3 nitrogen and oxygen atoms in total. The first-order chi connectivity index (χ1) is 7.50. The minimum atomic E-state index is -6.47. The van der Waals surface area contributed by atoms with Crippen LogP contribution >= 0.6 is 0 Å². The summed E-state index contributed by atoms with van der Waals surface area (Å²) in [6, 6.07) is 0.589. The highest BCUT2D eigenvalue weighted by molar-refractivity contribution is 5.06. The van der Waals surface area contributed by atoms with E-state index < -0.39 is 29.4 Å². The molecule has 0 saturated heterocycles. The van der Waals surface area contributed by atoms with Crippen molar-refractivity contribution in [2.45, 2.75) is 18.0 Å². The lowest BCUT2D eigenvalue weighted by Crippen LogP contribution is -2.51. The van der Waals surface area contributed by atoms with Crippen LogP contribution in [0, 0.1) is 0 Å². The minimum Gasteiger partial charge on any atom is -0.305 e. The van der Waals surface area contributed by atoms with E-state index in [1.165, 1.54) is 0 Å². The summed E-state index contributed by atoms with van der Waals surface area (Å²) in [6.45, 7) is 0. The van der Waals surface area contributed by atoms with Crippen molar-refractivity contribution in [3.8, 4) is 0 Å². The second-order valence-electron chi connectivity index (χ2n) is 2.93. The number of rotatable bonds is 2. The zero-order chi connectivity index (χ0) is 13.5. The molecule has 0 fully saturated rings. The molecule has 0 aliphatic carbocycles. The third-order valence-corrected chi connectivity index (χ3v) is 1.72. The fourth-order valence-electron chi connectivity index (χ4n) is 0.856. The van der Waals surface area contributed by atoms with Gasteiger partial charge >= 0.3 is 18.0 Å². The molecular formula is C7H3F7N2O. The average molecular weight is 264 g/mol. The van der Waals surface area contributed by atoms with Crippen LogP contribution in [-0.4, -0.2) is 22.1 Å². The predicted molar refractivity (Wildman–Crippen MR) is 39.8 cm³/mol. The van der Waals surface area contributed by atoms with Crippen LogP contribution in [0.1, 0.15) is 5.82 Å². The van der Waals surface area contributed by atoms with Gasteiger partial charge in [-0.1, -0.05) is 0 Å². The standard InChI is InChI=1S/C7H3F7N2O/c8-5(9,6(10,11)7(12,13)14)4-15-2-1-3(17)16-4/h1-2H,(H,15,16,17). The van der Waals surface area contributed by atoms with E-state index in [-0.39, 0.29) is 0 Å². The van der Waals surface area contributed by atoms with Gasteiger partial charge in [0.25, 0.3) is 5.56 Å². The molecule has 10 heteroatoms. The van der Waals surface area contributed by atoms with Crippen LogP contribution in [0.15, 0.2) is 17.1 Å². The summed E-state index contributed by atoms with van der Waals surface area (Å²) in [5.41, 5.74) is -1.27. The Labute approximate surface area is 88.3 Å². The number of aromatic nitrogens is 2. The Bertz CT molecular complexity index is 464. The molecular weight excluding hydrogens is 261 g/mol. The molecule has 0 aliphatic heterocycles. The Hall–Kier alpha value is -1.61. The van der Waals surface area contributed by atoms with E-state index in [4.69, 9.17) is 0 Å². The Morgan fingerprint density at radius 2 is 1.59 bits per heavy atom. The summed E-state index contributed by atoms with van der Waals surface area (Å²) in [6.07, 6.45) is -6.07. The van der Waals surface area contributed by atoms with Gasteiger partial charge in [0.2, 0.25) is 0 Å². The van der Waals surface area contributed by atoms with Crippen molar-refractivity contribution in [3.63, 3.8) is 0 Å². The fourth-order valence-corrected chi connectivity index (χ4v) is 0.856. The lowest BCUT2D eigenvalue weighted by atomic mass is 10.1. The number of aromatic amines is 1. The van der Waals surface area contributed by atoms with Gasteiger partial charge in [0.1, 0.15) is 0 Å². The smallest absolute Gasteiger partial charge is 0.305 e. The molecule has 0 bridgehead atoms. The second kappa shape index (κ2) is 3.70. The first-order valence-electron chi connectivity index (χ1n) is 3.88. The Morgan fingerprint density at radius 1 is 1.06 bits per heavy atom. The Balaban J connectivity index is 3.33. The highest BCUT2D eigenvalue weighted by Gasteiger charge is 2.74. The summed E-state index contributed by atoms with van der Waals surface area (Å²) in [5.74, 6) is -14.0. The molecule has 1 N–H and O–H groups in total. The Kier molecular flexibility index (Phi) is 2.93. The minimum absolute atomic E-state index is 0.397. The first kappa shape index (κ1) is 13.5. The Morgan fingerprint density at radius 3 is 2.00 bits per heavy atom. The van der Waals surface area contributed by atoms with Gasteiger partial charge < -0.3 is 4.98 Å². The van der Waals surface area contributed by atoms with Gasteiger partial charge in [-0.15, -0.1) is 0 Å². The molecule has 1 aromatic heterocycles. The van der Waals surface area contributed by atoms with Crippen molar-refractivity contribution < 1.29 is 30.7 Å². The van der Waals surface area contributed by atoms with Crippen molar-refractivity contribution >= 4 is 0 Å². The number of halogens is 7. The van der Waals surface area contributed by atoms with Crippen molar-refractivity contribution in [3.05, 3.63) is 28.4 Å². The third kappa shape index (κ3) is 2.11. The van der Waals surface area contributed by atoms with Crippen molar-refractivity contribution in [1.82, 2.24) is 9.97 Å². The molecule has 1 aromatic rings. The molecule has 0 aromatic carbocycles. The molecule has 96 valence electrons. The summed E-state index contributed by atoms with van der Waals surface area (Å²) >= 11 is 0. The average Bonchev–Trinajstić information content (AvgIpc) is 2.15. The van der Waals surface area contributed by atoms with Crippen LogP contribution in [0.5, 0.6) is 0 Å². The number of nitrogens with zero attached hydrogens (tertiary/aromatic N) is 1. The van der Waals surface area contributed by atoms with Gasteiger partial charge in [0.15, 0.2) is 5.82 Å². The maximum Gasteiger partial charge on any atom is 0.460 e. The van der Waals surface area contributed by atoms with Crippen LogP contribution in [-0.2, 0) is 5.92 Å². The fraction of sp³-hybridized carbons (Fsp3) is 0.429. The lowest BCUT2D eigenvalue weighted by Gasteiger charge is -2.26. The van der Waals surface area contributed by atoms with Gasteiger partial charge in [0, 0.05) is 12.3 Å². The number of H-pyrrole nitrogens is 1. The number of hydrogen-bond acceptors (Lipinski definition) is 2. The van der Waals surface area contributed by atoms with Crippen LogP contribution in [0.4, 0.5) is 30.7 Å². The van der Waals surface area contributed by atoms with E-state index in [0.29, 0.717) is 12.3 Å². The van der Waals surface area contributed by atoms with E-state index >= 15 is 0 Å². The van der Waals surface area contributed by atoms with Gasteiger partial charge in [-0.3, -0.25) is 4.79 Å². The van der Waals surface area contributed by atoms with Gasteiger partial charge in [-0.2, -0.15) is 30.7 Å². The summed E-state index contributed by atoms with van der Waals surface area (Å²) in [4.78, 5) is 14.3. The van der Waals surface area contributed by atoms with Crippen LogP contribution in [0.2, 0.25) is 0 Å². The topological polar surface area (TPSA) is 45.8 Å². The maximum absolute atomic E-state index is 12.9.